The lowest BCUT2D eigenvalue weighted by Crippen LogP contribution is -2.46. The maximum absolute atomic E-state index is 12.3. The number of nitrogens with zero attached hydrogens (tertiary/aromatic N) is 1. The maximum atomic E-state index is 12.3. The Morgan fingerprint density at radius 2 is 1.77 bits per heavy atom. The molecule has 0 spiro atoms. The zero-order chi connectivity index (χ0) is 22.1. The van der Waals surface area contributed by atoms with Crippen LogP contribution >= 0.6 is 0 Å². The summed E-state index contributed by atoms with van der Waals surface area (Å²) in [6.45, 7) is 9.25. The van der Waals surface area contributed by atoms with Crippen LogP contribution in [0.25, 0.3) is 0 Å². The highest BCUT2D eigenvalue weighted by Gasteiger charge is 2.24. The largest absolute Gasteiger partial charge is 0.444 e. The number of rotatable bonds is 7. The van der Waals surface area contributed by atoms with Gasteiger partial charge in [-0.2, -0.15) is 0 Å². The van der Waals surface area contributed by atoms with Crippen LogP contribution in [0.2, 0.25) is 0 Å². The van der Waals surface area contributed by atoms with E-state index in [4.69, 9.17) is 4.74 Å². The van der Waals surface area contributed by atoms with Crippen molar-refractivity contribution < 1.29 is 19.1 Å². The Labute approximate surface area is 179 Å². The number of carbonyl (C=O) groups is 3. The van der Waals surface area contributed by atoms with Crippen LogP contribution in [0.15, 0.2) is 24.3 Å². The van der Waals surface area contributed by atoms with Crippen molar-refractivity contribution in [2.75, 3.05) is 26.2 Å². The number of aryl methyl sites for hydroxylation is 2. The Morgan fingerprint density at radius 3 is 2.40 bits per heavy atom. The molecule has 0 bridgehead atoms. The number of piperidine rings is 1. The minimum Gasteiger partial charge on any atom is -0.444 e. The van der Waals surface area contributed by atoms with Crippen molar-refractivity contribution in [1.82, 2.24) is 15.5 Å². The molecule has 1 aliphatic rings. The monoisotopic (exact) mass is 417 g/mol. The van der Waals surface area contributed by atoms with Gasteiger partial charge in [0, 0.05) is 26.1 Å². The van der Waals surface area contributed by atoms with Gasteiger partial charge in [-0.05, 0) is 64.0 Å². The van der Waals surface area contributed by atoms with Gasteiger partial charge in [0.1, 0.15) is 12.1 Å². The van der Waals surface area contributed by atoms with Crippen LogP contribution in [0.1, 0.15) is 51.2 Å². The number of ether oxygens (including phenoxy) is 1. The van der Waals surface area contributed by atoms with Gasteiger partial charge in [0.05, 0.1) is 0 Å². The smallest absolute Gasteiger partial charge is 0.408 e. The van der Waals surface area contributed by atoms with Gasteiger partial charge in [0.2, 0.25) is 11.8 Å². The number of benzene rings is 1. The molecule has 0 radical (unpaired) electrons. The molecule has 0 aromatic heterocycles. The van der Waals surface area contributed by atoms with E-state index in [-0.39, 0.29) is 18.4 Å². The second kappa shape index (κ2) is 11.0. The maximum Gasteiger partial charge on any atom is 0.408 e. The minimum atomic E-state index is -0.587. The second-order valence-corrected chi connectivity index (χ2v) is 8.91. The highest BCUT2D eigenvalue weighted by molar-refractivity contribution is 5.82. The van der Waals surface area contributed by atoms with Crippen molar-refractivity contribution in [1.29, 1.82) is 0 Å². The van der Waals surface area contributed by atoms with Crippen LogP contribution in [-0.4, -0.2) is 54.6 Å². The number of likely N-dealkylation sites (tertiary alicyclic amines) is 1. The van der Waals surface area contributed by atoms with E-state index in [1.165, 1.54) is 11.1 Å². The van der Waals surface area contributed by atoms with Gasteiger partial charge in [-0.15, -0.1) is 0 Å². The van der Waals surface area contributed by atoms with E-state index in [1.807, 2.05) is 12.1 Å². The van der Waals surface area contributed by atoms with E-state index >= 15 is 0 Å². The minimum absolute atomic E-state index is 0.0603. The van der Waals surface area contributed by atoms with Crippen LogP contribution in [-0.2, 0) is 20.7 Å². The zero-order valence-corrected chi connectivity index (χ0v) is 18.6. The fourth-order valence-electron chi connectivity index (χ4n) is 3.45. The van der Waals surface area contributed by atoms with E-state index in [1.54, 1.807) is 25.7 Å². The summed E-state index contributed by atoms with van der Waals surface area (Å²) in [6.07, 6.45) is 2.33. The van der Waals surface area contributed by atoms with Gasteiger partial charge in [0.25, 0.3) is 0 Å². The first-order valence-electron chi connectivity index (χ1n) is 10.7. The average molecular weight is 418 g/mol. The topological polar surface area (TPSA) is 87.7 Å². The zero-order valence-electron chi connectivity index (χ0n) is 18.6. The average Bonchev–Trinajstić information content (AvgIpc) is 2.69. The van der Waals surface area contributed by atoms with Gasteiger partial charge in [-0.25, -0.2) is 4.79 Å². The van der Waals surface area contributed by atoms with Gasteiger partial charge in [-0.1, -0.05) is 24.3 Å². The highest BCUT2D eigenvalue weighted by atomic mass is 16.6. The molecule has 1 aromatic rings. The summed E-state index contributed by atoms with van der Waals surface area (Å²) < 4.78 is 5.14. The van der Waals surface area contributed by atoms with Crippen LogP contribution in [0, 0.1) is 12.8 Å². The van der Waals surface area contributed by atoms with Crippen LogP contribution in [0.3, 0.4) is 0 Å². The Balaban J connectivity index is 1.62. The number of alkyl carbamates (subject to hydrolysis) is 1. The van der Waals surface area contributed by atoms with E-state index in [0.29, 0.717) is 32.0 Å². The molecule has 2 rings (SSSR count). The summed E-state index contributed by atoms with van der Waals surface area (Å²) in [4.78, 5) is 37.9. The van der Waals surface area contributed by atoms with Crippen LogP contribution in [0.5, 0.6) is 0 Å². The molecule has 3 amide bonds. The first-order chi connectivity index (χ1) is 14.1. The summed E-state index contributed by atoms with van der Waals surface area (Å²) in [5.74, 6) is 0.329. The van der Waals surface area contributed by atoms with Gasteiger partial charge < -0.3 is 20.3 Å². The number of hydrogen-bond acceptors (Lipinski definition) is 4. The third-order valence-corrected chi connectivity index (χ3v) is 5.22. The molecular formula is C23H35N3O4. The molecule has 7 nitrogen and oxygen atoms in total. The number of nitrogens with one attached hydrogen (secondary N) is 2. The van der Waals surface area contributed by atoms with E-state index in [0.717, 1.165) is 19.3 Å². The molecular weight excluding hydrogens is 382 g/mol. The summed E-state index contributed by atoms with van der Waals surface area (Å²) in [6, 6.07) is 8.13. The van der Waals surface area contributed by atoms with Gasteiger partial charge >= 0.3 is 6.09 Å². The molecule has 2 N–H and O–H groups in total. The van der Waals surface area contributed by atoms with Crippen LogP contribution in [0.4, 0.5) is 4.79 Å². The SMILES string of the molecule is Cc1ccccc1CCC(=O)NCC1CCN(C(=O)CNC(=O)OC(C)(C)C)CC1. The van der Waals surface area contributed by atoms with E-state index in [9.17, 15) is 14.4 Å². The molecule has 1 saturated heterocycles. The molecule has 1 heterocycles. The molecule has 0 atom stereocenters. The fourth-order valence-corrected chi connectivity index (χ4v) is 3.45. The van der Waals surface area contributed by atoms with Crippen LogP contribution < -0.4 is 10.6 Å². The van der Waals surface area contributed by atoms with E-state index < -0.39 is 11.7 Å². The van der Waals surface area contributed by atoms with E-state index in [2.05, 4.69) is 29.7 Å². The first-order valence-corrected chi connectivity index (χ1v) is 10.7. The summed E-state index contributed by atoms with van der Waals surface area (Å²) in [5, 5.41) is 5.54. The van der Waals surface area contributed by atoms with Crippen molar-refractivity contribution in [3.8, 4) is 0 Å². The molecule has 0 aliphatic carbocycles. The number of hydrogen-bond donors (Lipinski definition) is 2. The molecule has 0 saturated carbocycles. The number of amides is 3. The predicted molar refractivity (Wildman–Crippen MR) is 116 cm³/mol. The molecule has 7 heteroatoms. The van der Waals surface area contributed by atoms with Crippen molar-refractivity contribution in [3.05, 3.63) is 35.4 Å². The quantitative estimate of drug-likeness (QED) is 0.714. The molecule has 30 heavy (non-hydrogen) atoms. The molecule has 1 fully saturated rings. The first kappa shape index (κ1) is 23.7. The summed E-state index contributed by atoms with van der Waals surface area (Å²) in [7, 11) is 0. The Morgan fingerprint density at radius 1 is 1.10 bits per heavy atom. The Kier molecular flexibility index (Phi) is 8.69. The third kappa shape index (κ3) is 8.43. The number of carbonyl (C=O) groups excluding carboxylic acids is 3. The van der Waals surface area contributed by atoms with Gasteiger partial charge in [-0.3, -0.25) is 9.59 Å². The molecule has 0 unspecified atom stereocenters. The highest BCUT2D eigenvalue weighted by Crippen LogP contribution is 2.17. The van der Waals surface area contributed by atoms with Crippen molar-refractivity contribution in [2.24, 2.45) is 5.92 Å². The second-order valence-electron chi connectivity index (χ2n) is 8.91. The lowest BCUT2D eigenvalue weighted by molar-refractivity contribution is -0.131. The molecule has 166 valence electrons. The molecule has 1 aliphatic heterocycles. The predicted octanol–water partition coefficient (Wildman–Crippen LogP) is 2.81. The van der Waals surface area contributed by atoms with Crippen molar-refractivity contribution in [3.63, 3.8) is 0 Å². The molecule has 1 aromatic carbocycles. The Hall–Kier alpha value is -2.57. The van der Waals surface area contributed by atoms with Gasteiger partial charge in [0.15, 0.2) is 0 Å². The third-order valence-electron chi connectivity index (χ3n) is 5.22. The fraction of sp³-hybridized carbons (Fsp3) is 0.609. The standard InChI is InChI=1S/C23H35N3O4/c1-17-7-5-6-8-19(17)9-10-20(27)24-15-18-11-13-26(14-12-18)21(28)16-25-22(29)30-23(2,3)4/h5-8,18H,9-16H2,1-4H3,(H,24,27)(H,25,29). The summed E-state index contributed by atoms with van der Waals surface area (Å²) >= 11 is 0. The Bertz CT molecular complexity index is 734. The lowest BCUT2D eigenvalue weighted by atomic mass is 9.96. The summed E-state index contributed by atoms with van der Waals surface area (Å²) in [5.41, 5.74) is 1.83. The normalized spacial score (nSPS) is 14.9. The lowest BCUT2D eigenvalue weighted by Gasteiger charge is -2.32. The van der Waals surface area contributed by atoms with Crippen molar-refractivity contribution in [2.45, 2.75) is 59.0 Å². The van der Waals surface area contributed by atoms with Crippen molar-refractivity contribution >= 4 is 17.9 Å².